The van der Waals surface area contributed by atoms with Crippen molar-refractivity contribution < 1.29 is 14.3 Å². The van der Waals surface area contributed by atoms with E-state index >= 15 is 0 Å². The number of ether oxygens (including phenoxy) is 2. The highest BCUT2D eigenvalue weighted by Gasteiger charge is 2.34. The molecule has 0 bridgehead atoms. The molecule has 2 aromatic carbocycles. The summed E-state index contributed by atoms with van der Waals surface area (Å²) in [5, 5.41) is 0. The average molecular weight is 374 g/mol. The zero-order valence-electron chi connectivity index (χ0n) is 16.0. The van der Waals surface area contributed by atoms with Crippen LogP contribution in [-0.4, -0.2) is 36.6 Å². The summed E-state index contributed by atoms with van der Waals surface area (Å²) in [5.74, 6) is 1.29. The summed E-state index contributed by atoms with van der Waals surface area (Å²) in [4.78, 5) is 19.4. The van der Waals surface area contributed by atoms with Crippen molar-refractivity contribution in [3.63, 3.8) is 0 Å². The zero-order valence-corrected chi connectivity index (χ0v) is 16.0. The summed E-state index contributed by atoms with van der Waals surface area (Å²) in [6, 6.07) is 19.3. The molecule has 1 aliphatic heterocycles. The van der Waals surface area contributed by atoms with Crippen molar-refractivity contribution in [2.75, 3.05) is 20.8 Å². The van der Waals surface area contributed by atoms with E-state index in [0.717, 1.165) is 23.1 Å². The van der Waals surface area contributed by atoms with Gasteiger partial charge in [-0.2, -0.15) is 0 Å². The molecule has 1 aromatic heterocycles. The molecule has 1 atom stereocenters. The van der Waals surface area contributed by atoms with Crippen LogP contribution in [0.2, 0.25) is 0 Å². The minimum absolute atomic E-state index is 0.0742. The minimum Gasteiger partial charge on any atom is -0.493 e. The van der Waals surface area contributed by atoms with E-state index in [1.165, 1.54) is 0 Å². The molecule has 4 rings (SSSR count). The maximum Gasteiger partial charge on any atom is 0.273 e. The van der Waals surface area contributed by atoms with Crippen molar-refractivity contribution >= 4 is 5.91 Å². The predicted molar refractivity (Wildman–Crippen MR) is 107 cm³/mol. The third kappa shape index (κ3) is 3.20. The van der Waals surface area contributed by atoms with E-state index in [9.17, 15) is 4.79 Å². The molecule has 0 unspecified atom stereocenters. The highest BCUT2D eigenvalue weighted by Crippen LogP contribution is 2.41. The quantitative estimate of drug-likeness (QED) is 0.695. The summed E-state index contributed by atoms with van der Waals surface area (Å²) in [6.45, 7) is 0.609. The van der Waals surface area contributed by atoms with Gasteiger partial charge >= 0.3 is 0 Å². The van der Waals surface area contributed by atoms with Crippen molar-refractivity contribution in [1.82, 2.24) is 9.88 Å². The van der Waals surface area contributed by atoms with Gasteiger partial charge in [-0.3, -0.25) is 9.78 Å². The van der Waals surface area contributed by atoms with Crippen LogP contribution in [0, 0.1) is 0 Å². The van der Waals surface area contributed by atoms with Crippen LogP contribution in [0.5, 0.6) is 11.5 Å². The number of methoxy groups -OCH3 is 2. The molecule has 0 saturated carbocycles. The van der Waals surface area contributed by atoms with Crippen LogP contribution >= 0.6 is 0 Å². The van der Waals surface area contributed by atoms with Crippen molar-refractivity contribution in [2.24, 2.45) is 0 Å². The molecule has 28 heavy (non-hydrogen) atoms. The molecule has 0 aliphatic carbocycles. The average Bonchev–Trinajstić information content (AvgIpc) is 2.77. The van der Waals surface area contributed by atoms with Crippen LogP contribution in [-0.2, 0) is 6.42 Å². The van der Waals surface area contributed by atoms with Crippen LogP contribution in [0.25, 0.3) is 0 Å². The molecule has 0 fully saturated rings. The number of pyridine rings is 1. The fourth-order valence-corrected chi connectivity index (χ4v) is 3.80. The van der Waals surface area contributed by atoms with E-state index in [0.29, 0.717) is 23.7 Å². The van der Waals surface area contributed by atoms with Crippen molar-refractivity contribution in [1.29, 1.82) is 0 Å². The van der Waals surface area contributed by atoms with Gasteiger partial charge in [0.25, 0.3) is 5.91 Å². The van der Waals surface area contributed by atoms with Crippen LogP contribution in [0.4, 0.5) is 0 Å². The summed E-state index contributed by atoms with van der Waals surface area (Å²) < 4.78 is 11.0. The third-order valence-electron chi connectivity index (χ3n) is 5.13. The topological polar surface area (TPSA) is 51.7 Å². The lowest BCUT2D eigenvalue weighted by molar-refractivity contribution is 0.0688. The molecule has 2 heterocycles. The van der Waals surface area contributed by atoms with Crippen LogP contribution in [0.15, 0.2) is 66.9 Å². The number of aromatic nitrogens is 1. The van der Waals surface area contributed by atoms with Gasteiger partial charge in [-0.1, -0.05) is 36.4 Å². The van der Waals surface area contributed by atoms with Gasteiger partial charge in [0.15, 0.2) is 11.5 Å². The number of fused-ring (bicyclic) bond motifs is 1. The number of hydrogen-bond acceptors (Lipinski definition) is 4. The van der Waals surface area contributed by atoms with E-state index in [1.54, 1.807) is 26.5 Å². The van der Waals surface area contributed by atoms with E-state index in [1.807, 2.05) is 47.4 Å². The van der Waals surface area contributed by atoms with Crippen LogP contribution in [0.3, 0.4) is 0 Å². The first-order chi connectivity index (χ1) is 13.7. The summed E-state index contributed by atoms with van der Waals surface area (Å²) in [5.41, 5.74) is 3.73. The molecule has 1 amide bonds. The van der Waals surface area contributed by atoms with Crippen molar-refractivity contribution in [3.8, 4) is 11.5 Å². The standard InChI is InChI=1S/C23H22N2O3/c1-27-20-14-17-11-13-25(23(26)19-10-6-7-12-24-19)22(16-8-4-3-5-9-16)18(17)15-21(20)28-2/h3-10,12,14-15,22H,11,13H2,1-2H3/t22-/m0/s1. The van der Waals surface area contributed by atoms with Crippen molar-refractivity contribution in [2.45, 2.75) is 12.5 Å². The summed E-state index contributed by atoms with van der Waals surface area (Å²) in [6.07, 6.45) is 2.40. The maximum atomic E-state index is 13.3. The Balaban J connectivity index is 1.84. The number of carbonyl (C=O) groups excluding carboxylic acids is 1. The Hall–Kier alpha value is -3.34. The normalized spacial score (nSPS) is 15.6. The second-order valence-electron chi connectivity index (χ2n) is 6.68. The van der Waals surface area contributed by atoms with E-state index in [2.05, 4.69) is 17.1 Å². The fraction of sp³-hybridized carbons (Fsp3) is 0.217. The van der Waals surface area contributed by atoms with E-state index in [4.69, 9.17) is 9.47 Å². The van der Waals surface area contributed by atoms with Crippen LogP contribution < -0.4 is 9.47 Å². The first kappa shape index (κ1) is 18.0. The smallest absolute Gasteiger partial charge is 0.273 e. The van der Waals surface area contributed by atoms with Crippen molar-refractivity contribution in [3.05, 3.63) is 89.2 Å². The van der Waals surface area contributed by atoms with Gasteiger partial charge < -0.3 is 14.4 Å². The lowest BCUT2D eigenvalue weighted by Gasteiger charge is -2.38. The molecule has 1 aliphatic rings. The number of hydrogen-bond donors (Lipinski definition) is 0. The molecule has 0 saturated heterocycles. The summed E-state index contributed by atoms with van der Waals surface area (Å²) >= 11 is 0. The SMILES string of the molecule is COc1cc2c(cc1OC)[C@H](c1ccccc1)N(C(=O)c1ccccn1)CC2. The Labute approximate surface area is 164 Å². The lowest BCUT2D eigenvalue weighted by Crippen LogP contribution is -2.41. The number of rotatable bonds is 4. The first-order valence-electron chi connectivity index (χ1n) is 9.24. The summed E-state index contributed by atoms with van der Waals surface area (Å²) in [7, 11) is 3.26. The van der Waals surface area contributed by atoms with Gasteiger partial charge in [0.2, 0.25) is 0 Å². The predicted octanol–water partition coefficient (Wildman–Crippen LogP) is 3.89. The second kappa shape index (κ2) is 7.72. The number of amides is 1. The molecule has 0 radical (unpaired) electrons. The fourth-order valence-electron chi connectivity index (χ4n) is 3.80. The monoisotopic (exact) mass is 374 g/mol. The highest BCUT2D eigenvalue weighted by molar-refractivity contribution is 5.93. The zero-order chi connectivity index (χ0) is 19.5. The van der Waals surface area contributed by atoms with E-state index < -0.39 is 0 Å². The number of nitrogens with zero attached hydrogens (tertiary/aromatic N) is 2. The Morgan fingerprint density at radius 1 is 1.00 bits per heavy atom. The van der Waals surface area contributed by atoms with Crippen LogP contribution in [0.1, 0.15) is 33.2 Å². The van der Waals surface area contributed by atoms with E-state index in [-0.39, 0.29) is 11.9 Å². The number of carbonyl (C=O) groups is 1. The Kier molecular flexibility index (Phi) is 4.98. The second-order valence-corrected chi connectivity index (χ2v) is 6.68. The van der Waals surface area contributed by atoms with Gasteiger partial charge in [0, 0.05) is 12.7 Å². The van der Waals surface area contributed by atoms with Gasteiger partial charge in [-0.25, -0.2) is 0 Å². The molecule has 0 N–H and O–H groups in total. The third-order valence-corrected chi connectivity index (χ3v) is 5.13. The molecule has 3 aromatic rings. The Morgan fingerprint density at radius 3 is 2.39 bits per heavy atom. The molecular weight excluding hydrogens is 352 g/mol. The Bertz CT molecular complexity index is 974. The molecule has 5 heteroatoms. The van der Waals surface area contributed by atoms with Gasteiger partial charge in [0.1, 0.15) is 5.69 Å². The van der Waals surface area contributed by atoms with Gasteiger partial charge in [-0.05, 0) is 47.4 Å². The molecule has 142 valence electrons. The largest absolute Gasteiger partial charge is 0.493 e. The molecule has 0 spiro atoms. The highest BCUT2D eigenvalue weighted by atomic mass is 16.5. The first-order valence-corrected chi connectivity index (χ1v) is 9.24. The van der Waals surface area contributed by atoms with Gasteiger partial charge in [-0.15, -0.1) is 0 Å². The number of benzene rings is 2. The van der Waals surface area contributed by atoms with Gasteiger partial charge in [0.05, 0.1) is 20.3 Å². The maximum absolute atomic E-state index is 13.3. The Morgan fingerprint density at radius 2 is 1.71 bits per heavy atom. The minimum atomic E-state index is -0.209. The molecular formula is C23H22N2O3. The lowest BCUT2D eigenvalue weighted by atomic mass is 9.87. The molecule has 5 nitrogen and oxygen atoms in total.